The number of ether oxygens (including phenoxy) is 1. The van der Waals surface area contributed by atoms with Gasteiger partial charge in [0.2, 0.25) is 0 Å². The fourth-order valence-corrected chi connectivity index (χ4v) is 3.70. The molecule has 2 aromatic rings. The number of phenolic OH excluding ortho intramolecular Hbond substituents is 1. The lowest BCUT2D eigenvalue weighted by atomic mass is 10.0. The molecule has 29 heavy (non-hydrogen) atoms. The number of aromatic nitrogens is 2. The number of nitrogens with one attached hydrogen (secondary N) is 1. The van der Waals surface area contributed by atoms with Crippen molar-refractivity contribution in [2.45, 2.75) is 26.2 Å². The van der Waals surface area contributed by atoms with Gasteiger partial charge in [-0.2, -0.15) is 5.10 Å². The lowest BCUT2D eigenvalue weighted by Gasteiger charge is -2.21. The molecule has 2 heterocycles. The highest BCUT2D eigenvalue weighted by molar-refractivity contribution is 14.0. The van der Waals surface area contributed by atoms with Gasteiger partial charge in [0.05, 0.1) is 13.3 Å². The number of hydrogen-bond donors (Lipinski definition) is 2. The standard InChI is InChI=1S/C21H31N5O2.HI/c1-4-22-21(23-9-7-16-5-6-19(27)20(12-16)28-3)26-10-8-17(15-26)11-18-13-24-25(2)14-18;/h5-6,12-14,17,27H,4,7-11,15H2,1-3H3,(H,22,23);1H. The van der Waals surface area contributed by atoms with Crippen LogP contribution < -0.4 is 10.1 Å². The third-order valence-corrected chi connectivity index (χ3v) is 5.11. The Bertz CT molecular complexity index is 808. The van der Waals surface area contributed by atoms with Gasteiger partial charge >= 0.3 is 0 Å². The number of benzene rings is 1. The second kappa shape index (κ2) is 11.3. The zero-order valence-electron chi connectivity index (χ0n) is 17.5. The van der Waals surface area contributed by atoms with E-state index in [1.807, 2.05) is 30.1 Å². The number of halogens is 1. The molecule has 2 N–H and O–H groups in total. The minimum absolute atomic E-state index is 0. The highest BCUT2D eigenvalue weighted by Gasteiger charge is 2.25. The summed E-state index contributed by atoms with van der Waals surface area (Å²) in [6.07, 6.45) is 7.12. The number of rotatable bonds is 7. The molecule has 1 atom stereocenters. The molecule has 0 radical (unpaired) electrons. The molecule has 0 aliphatic carbocycles. The fourth-order valence-electron chi connectivity index (χ4n) is 3.70. The van der Waals surface area contributed by atoms with Crippen LogP contribution in [0.2, 0.25) is 0 Å². The number of aromatic hydroxyl groups is 1. The smallest absolute Gasteiger partial charge is 0.193 e. The van der Waals surface area contributed by atoms with Crippen LogP contribution in [-0.4, -0.2) is 59.0 Å². The van der Waals surface area contributed by atoms with Gasteiger partial charge in [0.25, 0.3) is 0 Å². The molecule has 1 saturated heterocycles. The number of methoxy groups -OCH3 is 1. The van der Waals surface area contributed by atoms with Gasteiger partial charge in [-0.3, -0.25) is 9.67 Å². The topological polar surface area (TPSA) is 74.9 Å². The van der Waals surface area contributed by atoms with E-state index in [0.29, 0.717) is 18.2 Å². The molecule has 1 aliphatic rings. The van der Waals surface area contributed by atoms with Crippen molar-refractivity contribution in [2.24, 2.45) is 18.0 Å². The van der Waals surface area contributed by atoms with Crippen molar-refractivity contribution in [1.29, 1.82) is 0 Å². The van der Waals surface area contributed by atoms with Gasteiger partial charge in [0.15, 0.2) is 17.5 Å². The van der Waals surface area contributed by atoms with Crippen molar-refractivity contribution in [3.05, 3.63) is 41.7 Å². The monoisotopic (exact) mass is 513 g/mol. The third kappa shape index (κ3) is 6.52. The number of nitrogens with zero attached hydrogens (tertiary/aromatic N) is 4. The first-order chi connectivity index (χ1) is 13.6. The number of aliphatic imine (C=N–C) groups is 1. The Balaban J connectivity index is 0.00000300. The van der Waals surface area contributed by atoms with E-state index in [1.165, 1.54) is 12.0 Å². The van der Waals surface area contributed by atoms with Gasteiger partial charge in [0, 0.05) is 39.4 Å². The number of phenols is 1. The minimum Gasteiger partial charge on any atom is -0.504 e. The second-order valence-electron chi connectivity index (χ2n) is 7.32. The van der Waals surface area contributed by atoms with Crippen molar-refractivity contribution in [3.63, 3.8) is 0 Å². The van der Waals surface area contributed by atoms with Crippen LogP contribution in [0.15, 0.2) is 35.6 Å². The predicted molar refractivity (Wildman–Crippen MR) is 126 cm³/mol. The maximum absolute atomic E-state index is 9.72. The van der Waals surface area contributed by atoms with E-state index < -0.39 is 0 Å². The summed E-state index contributed by atoms with van der Waals surface area (Å²) < 4.78 is 7.05. The summed E-state index contributed by atoms with van der Waals surface area (Å²) in [6.45, 7) is 5.71. The van der Waals surface area contributed by atoms with Gasteiger partial charge in [-0.15, -0.1) is 24.0 Å². The molecule has 1 aromatic heterocycles. The van der Waals surface area contributed by atoms with Crippen LogP contribution in [0.1, 0.15) is 24.5 Å². The largest absolute Gasteiger partial charge is 0.504 e. The normalized spacial score (nSPS) is 16.6. The highest BCUT2D eigenvalue weighted by Crippen LogP contribution is 2.26. The van der Waals surface area contributed by atoms with E-state index in [0.717, 1.165) is 44.0 Å². The van der Waals surface area contributed by atoms with Crippen molar-refractivity contribution < 1.29 is 9.84 Å². The van der Waals surface area contributed by atoms with Crippen molar-refractivity contribution in [3.8, 4) is 11.5 Å². The number of hydrogen-bond acceptors (Lipinski definition) is 4. The number of guanidine groups is 1. The van der Waals surface area contributed by atoms with Gasteiger partial charge in [-0.05, 0) is 55.4 Å². The van der Waals surface area contributed by atoms with E-state index in [4.69, 9.17) is 9.73 Å². The van der Waals surface area contributed by atoms with E-state index in [1.54, 1.807) is 13.2 Å². The van der Waals surface area contributed by atoms with Crippen LogP contribution in [0, 0.1) is 5.92 Å². The predicted octanol–water partition coefficient (Wildman–Crippen LogP) is 2.82. The first-order valence-electron chi connectivity index (χ1n) is 9.95. The molecule has 1 aromatic carbocycles. The van der Waals surface area contributed by atoms with Crippen LogP contribution in [0.5, 0.6) is 11.5 Å². The summed E-state index contributed by atoms with van der Waals surface area (Å²) >= 11 is 0. The molecule has 3 rings (SSSR count). The van der Waals surface area contributed by atoms with Gasteiger partial charge in [-0.1, -0.05) is 6.07 Å². The van der Waals surface area contributed by atoms with Crippen molar-refractivity contribution in [1.82, 2.24) is 20.0 Å². The lowest BCUT2D eigenvalue weighted by Crippen LogP contribution is -2.40. The maximum atomic E-state index is 9.72. The Hall–Kier alpha value is -1.97. The molecule has 0 spiro atoms. The molecule has 0 saturated carbocycles. The van der Waals surface area contributed by atoms with Gasteiger partial charge in [0.1, 0.15) is 0 Å². The van der Waals surface area contributed by atoms with E-state index in [-0.39, 0.29) is 29.7 Å². The molecule has 1 unspecified atom stereocenters. The Morgan fingerprint density at radius 1 is 1.38 bits per heavy atom. The Morgan fingerprint density at radius 3 is 2.90 bits per heavy atom. The Morgan fingerprint density at radius 2 is 2.21 bits per heavy atom. The van der Waals surface area contributed by atoms with Crippen LogP contribution >= 0.6 is 24.0 Å². The molecule has 1 fully saturated rings. The third-order valence-electron chi connectivity index (χ3n) is 5.11. The quantitative estimate of drug-likeness (QED) is 0.339. The van der Waals surface area contributed by atoms with E-state index in [9.17, 15) is 5.11 Å². The van der Waals surface area contributed by atoms with Crippen LogP contribution in [0.25, 0.3) is 0 Å². The van der Waals surface area contributed by atoms with Gasteiger partial charge < -0.3 is 20.1 Å². The fraction of sp³-hybridized carbons (Fsp3) is 0.524. The first-order valence-corrected chi connectivity index (χ1v) is 9.95. The molecule has 1 aliphatic heterocycles. The summed E-state index contributed by atoms with van der Waals surface area (Å²) in [5, 5.41) is 17.4. The average Bonchev–Trinajstić information content (AvgIpc) is 3.31. The molecular weight excluding hydrogens is 481 g/mol. The summed E-state index contributed by atoms with van der Waals surface area (Å²) in [5.41, 5.74) is 2.41. The zero-order valence-corrected chi connectivity index (χ0v) is 19.8. The van der Waals surface area contributed by atoms with Crippen LogP contribution in [-0.2, 0) is 19.9 Å². The van der Waals surface area contributed by atoms with Crippen LogP contribution in [0.3, 0.4) is 0 Å². The Kier molecular flexibility index (Phi) is 9.06. The Labute approximate surface area is 190 Å². The second-order valence-corrected chi connectivity index (χ2v) is 7.32. The number of aryl methyl sites for hydroxylation is 1. The van der Waals surface area contributed by atoms with E-state index >= 15 is 0 Å². The van der Waals surface area contributed by atoms with Crippen LogP contribution in [0.4, 0.5) is 0 Å². The lowest BCUT2D eigenvalue weighted by molar-refractivity contribution is 0.373. The molecule has 7 nitrogen and oxygen atoms in total. The maximum Gasteiger partial charge on any atom is 0.193 e. The first kappa shape index (κ1) is 23.3. The average molecular weight is 513 g/mol. The molecule has 0 bridgehead atoms. The summed E-state index contributed by atoms with van der Waals surface area (Å²) in [4.78, 5) is 7.19. The molecular formula is C21H32IN5O2. The molecule has 8 heteroatoms. The minimum atomic E-state index is 0. The number of likely N-dealkylation sites (tertiary alicyclic amines) is 1. The van der Waals surface area contributed by atoms with Crippen molar-refractivity contribution >= 4 is 29.9 Å². The van der Waals surface area contributed by atoms with E-state index in [2.05, 4.69) is 28.4 Å². The summed E-state index contributed by atoms with van der Waals surface area (Å²) in [5.74, 6) is 2.29. The summed E-state index contributed by atoms with van der Waals surface area (Å²) in [7, 11) is 3.53. The summed E-state index contributed by atoms with van der Waals surface area (Å²) in [6, 6.07) is 5.46. The zero-order chi connectivity index (χ0) is 19.9. The molecule has 160 valence electrons. The van der Waals surface area contributed by atoms with Crippen molar-refractivity contribution in [2.75, 3.05) is 33.3 Å². The van der Waals surface area contributed by atoms with Gasteiger partial charge in [-0.25, -0.2) is 0 Å². The highest BCUT2D eigenvalue weighted by atomic mass is 127. The SMILES string of the molecule is CCNC(=NCCc1ccc(O)c(OC)c1)N1CCC(Cc2cnn(C)c2)C1.I. The molecule has 0 amide bonds.